The van der Waals surface area contributed by atoms with E-state index in [1.165, 1.54) is 0 Å². The van der Waals surface area contributed by atoms with Gasteiger partial charge in [0.25, 0.3) is 0 Å². The molecule has 1 heterocycles. The molecule has 1 unspecified atom stereocenters. The molecule has 0 aromatic heterocycles. The molecule has 2 rings (SSSR count). The number of rotatable bonds is 5. The minimum absolute atomic E-state index is 0.0341. The van der Waals surface area contributed by atoms with Crippen LogP contribution >= 0.6 is 0 Å². The second-order valence-electron chi connectivity index (χ2n) is 4.59. The van der Waals surface area contributed by atoms with Crippen LogP contribution in [-0.4, -0.2) is 37.1 Å². The van der Waals surface area contributed by atoms with Gasteiger partial charge >= 0.3 is 12.3 Å². The van der Waals surface area contributed by atoms with Gasteiger partial charge in [0.1, 0.15) is 0 Å². The van der Waals surface area contributed by atoms with E-state index in [1.807, 2.05) is 6.07 Å². The van der Waals surface area contributed by atoms with Crippen molar-refractivity contribution in [2.45, 2.75) is 18.7 Å². The lowest BCUT2D eigenvalue weighted by molar-refractivity contribution is -0.323. The summed E-state index contributed by atoms with van der Waals surface area (Å²) in [6.07, 6.45) is -4.67. The number of nitrogens with zero attached hydrogens (tertiary/aromatic N) is 1. The fourth-order valence-corrected chi connectivity index (χ4v) is 2.45. The van der Waals surface area contributed by atoms with Gasteiger partial charge in [0, 0.05) is 24.7 Å². The van der Waals surface area contributed by atoms with Crippen LogP contribution < -0.4 is 4.90 Å². The van der Waals surface area contributed by atoms with Gasteiger partial charge in [-0.25, -0.2) is 0 Å². The van der Waals surface area contributed by atoms with Crippen LogP contribution in [0.1, 0.15) is 17.9 Å². The van der Waals surface area contributed by atoms with Gasteiger partial charge in [-0.05, 0) is 11.6 Å². The predicted molar refractivity (Wildman–Crippen MR) is 65.7 cm³/mol. The second-order valence-corrected chi connectivity index (χ2v) is 4.59. The molecule has 0 aliphatic carbocycles. The number of carboxylic acids is 1. The molecule has 7 heteroatoms. The summed E-state index contributed by atoms with van der Waals surface area (Å²) in [5, 5.41) is 8.88. The molecule has 20 heavy (non-hydrogen) atoms. The highest BCUT2D eigenvalue weighted by Crippen LogP contribution is 2.37. The lowest BCUT2D eigenvalue weighted by Gasteiger charge is -2.20. The van der Waals surface area contributed by atoms with E-state index in [9.17, 15) is 18.0 Å². The zero-order valence-electron chi connectivity index (χ0n) is 10.6. The number of carboxylic acid groups (broad SMARTS) is 1. The highest BCUT2D eigenvalue weighted by molar-refractivity contribution is 5.71. The molecule has 1 aliphatic rings. The highest BCUT2D eigenvalue weighted by Gasteiger charge is 2.32. The minimum atomic E-state index is -4.64. The Morgan fingerprint density at radius 1 is 1.40 bits per heavy atom. The molecule has 110 valence electrons. The minimum Gasteiger partial charge on any atom is -0.481 e. The molecule has 1 N–H and O–H groups in total. The van der Waals surface area contributed by atoms with Crippen molar-refractivity contribution in [3.63, 3.8) is 0 Å². The molecule has 0 saturated heterocycles. The van der Waals surface area contributed by atoms with Gasteiger partial charge in [0.05, 0.1) is 13.0 Å². The first-order valence-corrected chi connectivity index (χ1v) is 6.13. The normalized spacial score (nSPS) is 18.1. The summed E-state index contributed by atoms with van der Waals surface area (Å²) in [7, 11) is 0. The lowest BCUT2D eigenvalue weighted by Crippen LogP contribution is -2.29. The molecule has 1 aliphatic heterocycles. The maximum atomic E-state index is 12.0. The first kappa shape index (κ1) is 14.6. The maximum absolute atomic E-state index is 12.0. The molecule has 0 fully saturated rings. The average molecular weight is 289 g/mol. The topological polar surface area (TPSA) is 49.8 Å². The molecule has 0 radical (unpaired) electrons. The molecule has 0 bridgehead atoms. The monoisotopic (exact) mass is 289 g/mol. The summed E-state index contributed by atoms with van der Waals surface area (Å²) >= 11 is 0. The van der Waals surface area contributed by atoms with Gasteiger partial charge in [-0.3, -0.25) is 9.53 Å². The van der Waals surface area contributed by atoms with E-state index in [2.05, 4.69) is 4.74 Å². The summed E-state index contributed by atoms with van der Waals surface area (Å²) in [4.78, 5) is 12.6. The molecule has 0 saturated carbocycles. The third kappa shape index (κ3) is 3.63. The zero-order chi connectivity index (χ0) is 14.8. The van der Waals surface area contributed by atoms with Crippen molar-refractivity contribution >= 4 is 11.7 Å². The van der Waals surface area contributed by atoms with Crippen molar-refractivity contribution in [2.24, 2.45) is 0 Å². The second kappa shape index (κ2) is 5.70. The number of fused-ring (bicyclic) bond motifs is 1. The largest absolute Gasteiger partial charge is 0.522 e. The number of carbonyl (C=O) groups is 1. The number of para-hydroxylation sites is 1. The van der Waals surface area contributed by atoms with E-state index in [4.69, 9.17) is 5.11 Å². The van der Waals surface area contributed by atoms with Crippen molar-refractivity contribution < 1.29 is 27.8 Å². The van der Waals surface area contributed by atoms with Crippen molar-refractivity contribution in [1.82, 2.24) is 0 Å². The van der Waals surface area contributed by atoms with E-state index < -0.39 is 18.9 Å². The molecule has 1 aromatic carbocycles. The number of hydrogen-bond acceptors (Lipinski definition) is 3. The molecule has 0 amide bonds. The number of hydrogen-bond donors (Lipinski definition) is 1. The molecule has 0 spiro atoms. The van der Waals surface area contributed by atoms with Crippen molar-refractivity contribution in [3.05, 3.63) is 29.8 Å². The SMILES string of the molecule is O=C(O)CC1CN(CCOC(F)(F)F)c2ccccc21. The quantitative estimate of drug-likeness (QED) is 0.905. The van der Waals surface area contributed by atoms with Crippen LogP contribution in [0, 0.1) is 0 Å². The number of alkyl halides is 3. The Morgan fingerprint density at radius 3 is 2.75 bits per heavy atom. The Balaban J connectivity index is 2.03. The highest BCUT2D eigenvalue weighted by atomic mass is 19.4. The first-order valence-electron chi connectivity index (χ1n) is 6.13. The molecular formula is C13H14F3NO3. The van der Waals surface area contributed by atoms with E-state index in [0.29, 0.717) is 6.54 Å². The number of ether oxygens (including phenoxy) is 1. The smallest absolute Gasteiger partial charge is 0.481 e. The summed E-state index contributed by atoms with van der Waals surface area (Å²) in [6.45, 7) is -0.00285. The van der Waals surface area contributed by atoms with E-state index in [0.717, 1.165) is 11.3 Å². The fourth-order valence-electron chi connectivity index (χ4n) is 2.45. The van der Waals surface area contributed by atoms with Crippen LogP contribution in [0.25, 0.3) is 0 Å². The Morgan fingerprint density at radius 2 is 2.10 bits per heavy atom. The number of anilines is 1. The Kier molecular flexibility index (Phi) is 4.17. The number of benzene rings is 1. The summed E-state index contributed by atoms with van der Waals surface area (Å²) < 4.78 is 39.6. The zero-order valence-corrected chi connectivity index (χ0v) is 10.6. The van der Waals surface area contributed by atoms with Crippen molar-refractivity contribution in [3.8, 4) is 0 Å². The lowest BCUT2D eigenvalue weighted by atomic mass is 9.98. The van der Waals surface area contributed by atoms with E-state index in [1.54, 1.807) is 23.1 Å². The Bertz CT molecular complexity index is 490. The van der Waals surface area contributed by atoms with Gasteiger partial charge in [0.15, 0.2) is 0 Å². The van der Waals surface area contributed by atoms with Crippen LogP contribution in [0.2, 0.25) is 0 Å². The Hall–Kier alpha value is -1.76. The molecular weight excluding hydrogens is 275 g/mol. The van der Waals surface area contributed by atoms with Crippen LogP contribution in [0.3, 0.4) is 0 Å². The van der Waals surface area contributed by atoms with Gasteiger partial charge in [-0.2, -0.15) is 0 Å². The fraction of sp³-hybridized carbons (Fsp3) is 0.462. The maximum Gasteiger partial charge on any atom is 0.522 e. The van der Waals surface area contributed by atoms with Crippen molar-refractivity contribution in [1.29, 1.82) is 0 Å². The first-order chi connectivity index (χ1) is 9.37. The third-order valence-electron chi connectivity index (χ3n) is 3.21. The van der Waals surface area contributed by atoms with Gasteiger partial charge < -0.3 is 10.0 Å². The molecule has 4 nitrogen and oxygen atoms in total. The van der Waals surface area contributed by atoms with Gasteiger partial charge in [-0.15, -0.1) is 13.2 Å². The molecule has 1 atom stereocenters. The van der Waals surface area contributed by atoms with Crippen LogP contribution in [0.15, 0.2) is 24.3 Å². The number of halogens is 3. The average Bonchev–Trinajstić information content (AvgIpc) is 2.66. The van der Waals surface area contributed by atoms with Gasteiger partial charge in [0.2, 0.25) is 0 Å². The van der Waals surface area contributed by atoms with Gasteiger partial charge in [-0.1, -0.05) is 18.2 Å². The molecule has 1 aromatic rings. The van der Waals surface area contributed by atoms with Crippen LogP contribution in [0.4, 0.5) is 18.9 Å². The van der Waals surface area contributed by atoms with Crippen LogP contribution in [-0.2, 0) is 9.53 Å². The standard InChI is InChI=1S/C13H14F3NO3/c14-13(15,16)20-6-5-17-8-9(7-12(18)19)10-3-1-2-4-11(10)17/h1-4,9H,5-8H2,(H,18,19). The predicted octanol–water partition coefficient (Wildman–Crippen LogP) is 2.60. The summed E-state index contributed by atoms with van der Waals surface area (Å²) in [5.74, 6) is -1.12. The number of aliphatic carboxylic acids is 1. The van der Waals surface area contributed by atoms with E-state index in [-0.39, 0.29) is 18.9 Å². The Labute approximate surface area is 113 Å². The van der Waals surface area contributed by atoms with E-state index >= 15 is 0 Å². The van der Waals surface area contributed by atoms with Crippen LogP contribution in [0.5, 0.6) is 0 Å². The summed E-state index contributed by atoms with van der Waals surface area (Å²) in [6, 6.07) is 7.17. The third-order valence-corrected chi connectivity index (χ3v) is 3.21. The summed E-state index contributed by atoms with van der Waals surface area (Å²) in [5.41, 5.74) is 1.64. The van der Waals surface area contributed by atoms with Crippen molar-refractivity contribution in [2.75, 3.05) is 24.6 Å².